The third-order valence-corrected chi connectivity index (χ3v) is 6.65. The molecule has 1 heteroatoms. The molecule has 1 aromatic rings. The van der Waals surface area contributed by atoms with E-state index in [4.69, 9.17) is 0 Å². The first-order chi connectivity index (χ1) is 8.68. The Balaban J connectivity index is 1.49. The molecule has 3 atom stereocenters. The average Bonchev–Trinajstić information content (AvgIpc) is 2.40. The second-order valence-corrected chi connectivity index (χ2v) is 7.73. The monoisotopic (exact) mass is 260 g/mol. The summed E-state index contributed by atoms with van der Waals surface area (Å²) >= 11 is 2.14. The fraction of sp³-hybridized carbons (Fsp3) is 0.647. The number of hydrogen-bond acceptors (Lipinski definition) is 1. The first-order valence-corrected chi connectivity index (χ1v) is 8.45. The van der Waals surface area contributed by atoms with Crippen molar-refractivity contribution in [2.45, 2.75) is 38.9 Å². The summed E-state index contributed by atoms with van der Waals surface area (Å²) in [5, 5.41) is 0. The molecule has 0 radical (unpaired) electrons. The molecule has 3 unspecified atom stereocenters. The number of benzene rings is 1. The Hall–Kier alpha value is -0.430. The van der Waals surface area contributed by atoms with E-state index in [9.17, 15) is 0 Å². The zero-order valence-corrected chi connectivity index (χ0v) is 12.4. The van der Waals surface area contributed by atoms with Gasteiger partial charge in [-0.1, -0.05) is 44.2 Å². The van der Waals surface area contributed by atoms with Crippen LogP contribution < -0.4 is 0 Å². The van der Waals surface area contributed by atoms with Crippen LogP contribution in [0.15, 0.2) is 30.3 Å². The Morgan fingerprint density at radius 3 is 2.61 bits per heavy atom. The predicted molar refractivity (Wildman–Crippen MR) is 80.7 cm³/mol. The highest BCUT2D eigenvalue weighted by molar-refractivity contribution is 7.98. The molecule has 98 valence electrons. The second-order valence-electron chi connectivity index (χ2n) is 6.70. The predicted octanol–water partition coefficient (Wildman–Crippen LogP) is 4.99. The van der Waals surface area contributed by atoms with Gasteiger partial charge in [-0.05, 0) is 53.7 Å². The Labute approximate surface area is 116 Å². The molecule has 0 aliphatic heterocycles. The molecule has 3 aliphatic rings. The molecule has 3 aliphatic carbocycles. The summed E-state index contributed by atoms with van der Waals surface area (Å²) in [6, 6.07) is 10.9. The van der Waals surface area contributed by atoms with Crippen LogP contribution in [-0.2, 0) is 5.75 Å². The van der Waals surface area contributed by atoms with Gasteiger partial charge in [0.15, 0.2) is 0 Å². The molecule has 18 heavy (non-hydrogen) atoms. The highest BCUT2D eigenvalue weighted by Gasteiger charge is 2.53. The molecular formula is C17H24S. The van der Waals surface area contributed by atoms with Crippen LogP contribution in [0.25, 0.3) is 0 Å². The van der Waals surface area contributed by atoms with Gasteiger partial charge in [0.05, 0.1) is 0 Å². The van der Waals surface area contributed by atoms with Gasteiger partial charge >= 0.3 is 0 Å². The van der Waals surface area contributed by atoms with Crippen molar-refractivity contribution in [1.82, 2.24) is 0 Å². The highest BCUT2D eigenvalue weighted by atomic mass is 32.2. The van der Waals surface area contributed by atoms with Crippen LogP contribution in [-0.4, -0.2) is 5.75 Å². The third-order valence-electron chi connectivity index (χ3n) is 5.44. The maximum atomic E-state index is 2.50. The SMILES string of the molecule is CC1(C)C2CCC(CSCc3ccccc3)C1C2. The summed E-state index contributed by atoms with van der Waals surface area (Å²) in [7, 11) is 0. The van der Waals surface area contributed by atoms with Gasteiger partial charge in [0.25, 0.3) is 0 Å². The van der Waals surface area contributed by atoms with Crippen LogP contribution in [0.3, 0.4) is 0 Å². The van der Waals surface area contributed by atoms with Crippen molar-refractivity contribution in [2.75, 3.05) is 5.75 Å². The number of hydrogen-bond donors (Lipinski definition) is 0. The van der Waals surface area contributed by atoms with Crippen LogP contribution in [0.5, 0.6) is 0 Å². The quantitative estimate of drug-likeness (QED) is 0.734. The van der Waals surface area contributed by atoms with E-state index in [0.29, 0.717) is 5.41 Å². The molecule has 3 saturated carbocycles. The Kier molecular flexibility index (Phi) is 3.44. The van der Waals surface area contributed by atoms with Crippen molar-refractivity contribution in [3.05, 3.63) is 35.9 Å². The van der Waals surface area contributed by atoms with Gasteiger partial charge in [0, 0.05) is 5.75 Å². The largest absolute Gasteiger partial charge is 0.157 e. The number of fused-ring (bicyclic) bond motifs is 2. The summed E-state index contributed by atoms with van der Waals surface area (Å²) < 4.78 is 0. The molecule has 0 spiro atoms. The lowest BCUT2D eigenvalue weighted by Gasteiger charge is -2.60. The molecule has 4 rings (SSSR count). The van der Waals surface area contributed by atoms with Gasteiger partial charge in [0.2, 0.25) is 0 Å². The number of thioether (sulfide) groups is 1. The molecule has 0 heterocycles. The fourth-order valence-electron chi connectivity index (χ4n) is 4.06. The minimum Gasteiger partial charge on any atom is -0.157 e. The van der Waals surface area contributed by atoms with Crippen LogP contribution in [0.1, 0.15) is 38.7 Å². The molecule has 0 aromatic heterocycles. The van der Waals surface area contributed by atoms with Gasteiger partial charge in [-0.15, -0.1) is 0 Å². The lowest BCUT2D eigenvalue weighted by molar-refractivity contribution is -0.0973. The van der Waals surface area contributed by atoms with Crippen molar-refractivity contribution < 1.29 is 0 Å². The number of rotatable bonds is 4. The van der Waals surface area contributed by atoms with Crippen LogP contribution >= 0.6 is 11.8 Å². The first-order valence-electron chi connectivity index (χ1n) is 7.29. The van der Waals surface area contributed by atoms with E-state index >= 15 is 0 Å². The van der Waals surface area contributed by atoms with Crippen molar-refractivity contribution in [3.63, 3.8) is 0 Å². The smallest absolute Gasteiger partial charge is 0.0184 e. The Morgan fingerprint density at radius 2 is 1.94 bits per heavy atom. The standard InChI is InChI=1S/C17H24S/c1-17(2)15-9-8-14(16(17)10-15)12-18-11-13-6-4-3-5-7-13/h3-7,14-16H,8-12H2,1-2H3. The molecule has 0 nitrogen and oxygen atoms in total. The van der Waals surface area contributed by atoms with Crippen LogP contribution in [0.4, 0.5) is 0 Å². The molecule has 2 bridgehead atoms. The average molecular weight is 260 g/mol. The molecule has 0 saturated heterocycles. The van der Waals surface area contributed by atoms with Gasteiger partial charge < -0.3 is 0 Å². The molecular weight excluding hydrogens is 236 g/mol. The van der Waals surface area contributed by atoms with E-state index in [-0.39, 0.29) is 0 Å². The van der Waals surface area contributed by atoms with Gasteiger partial charge in [0.1, 0.15) is 0 Å². The summed E-state index contributed by atoms with van der Waals surface area (Å²) in [5.74, 6) is 5.60. The first kappa shape index (κ1) is 12.6. The van der Waals surface area contributed by atoms with Crippen LogP contribution in [0.2, 0.25) is 0 Å². The van der Waals surface area contributed by atoms with E-state index < -0.39 is 0 Å². The zero-order chi connectivity index (χ0) is 12.6. The molecule has 1 aromatic carbocycles. The van der Waals surface area contributed by atoms with Crippen LogP contribution in [0, 0.1) is 23.2 Å². The fourth-order valence-corrected chi connectivity index (χ4v) is 5.31. The third kappa shape index (κ3) is 2.22. The molecule has 3 fully saturated rings. The van der Waals surface area contributed by atoms with Gasteiger partial charge in [-0.2, -0.15) is 11.8 Å². The summed E-state index contributed by atoms with van der Waals surface area (Å²) in [5.41, 5.74) is 2.13. The summed E-state index contributed by atoms with van der Waals surface area (Å²) in [6.45, 7) is 5.00. The molecule has 0 N–H and O–H groups in total. The Morgan fingerprint density at radius 1 is 1.17 bits per heavy atom. The normalized spacial score (nSPS) is 32.9. The van der Waals surface area contributed by atoms with Gasteiger partial charge in [-0.25, -0.2) is 0 Å². The topological polar surface area (TPSA) is 0 Å². The maximum Gasteiger partial charge on any atom is 0.0184 e. The second kappa shape index (κ2) is 4.92. The lowest BCUT2D eigenvalue weighted by atomic mass is 9.46. The van der Waals surface area contributed by atoms with E-state index in [2.05, 4.69) is 55.9 Å². The minimum absolute atomic E-state index is 0.649. The van der Waals surface area contributed by atoms with E-state index in [1.165, 1.54) is 36.3 Å². The lowest BCUT2D eigenvalue weighted by Crippen LogP contribution is -2.52. The van der Waals surface area contributed by atoms with E-state index in [0.717, 1.165) is 17.8 Å². The van der Waals surface area contributed by atoms with E-state index in [1.54, 1.807) is 0 Å². The zero-order valence-electron chi connectivity index (χ0n) is 11.6. The summed E-state index contributed by atoms with van der Waals surface area (Å²) in [6.07, 6.45) is 4.49. The van der Waals surface area contributed by atoms with Crippen molar-refractivity contribution >= 4 is 11.8 Å². The Bertz CT molecular complexity index is 393. The van der Waals surface area contributed by atoms with Crippen molar-refractivity contribution in [1.29, 1.82) is 0 Å². The van der Waals surface area contributed by atoms with Crippen molar-refractivity contribution in [3.8, 4) is 0 Å². The minimum atomic E-state index is 0.649. The van der Waals surface area contributed by atoms with E-state index in [1.807, 2.05) is 0 Å². The summed E-state index contributed by atoms with van der Waals surface area (Å²) in [4.78, 5) is 0. The molecule has 0 amide bonds. The van der Waals surface area contributed by atoms with Crippen molar-refractivity contribution in [2.24, 2.45) is 23.2 Å². The van der Waals surface area contributed by atoms with Gasteiger partial charge in [-0.3, -0.25) is 0 Å². The highest BCUT2D eigenvalue weighted by Crippen LogP contribution is 2.61. The maximum absolute atomic E-state index is 2.50.